The lowest BCUT2D eigenvalue weighted by Gasteiger charge is -2.19. The van der Waals surface area contributed by atoms with Crippen LogP contribution < -0.4 is 10.5 Å². The Morgan fingerprint density at radius 3 is 1.50 bits per heavy atom. The Morgan fingerprint density at radius 2 is 1.03 bits per heavy atom. The Bertz CT molecular complexity index is 3160. The summed E-state index contributed by atoms with van der Waals surface area (Å²) in [6, 6.07) is 1.85. The number of aliphatic hydroxyl groups excluding tert-OH is 6. The van der Waals surface area contributed by atoms with Crippen LogP contribution in [0.15, 0.2) is 29.7 Å². The Balaban J connectivity index is 0.000000162. The van der Waals surface area contributed by atoms with Crippen molar-refractivity contribution >= 4 is 103 Å². The quantitative estimate of drug-likeness (QED) is 0.0590. The van der Waals surface area contributed by atoms with Crippen LogP contribution in [0.25, 0.3) is 33.4 Å². The summed E-state index contributed by atoms with van der Waals surface area (Å²) in [6.45, 7) is 12.8. The molecule has 3 fully saturated rings. The number of ether oxygens (including phenoxy) is 3. The molecule has 9 N–H and O–H groups in total. The van der Waals surface area contributed by atoms with Gasteiger partial charge in [-0.3, -0.25) is 18.9 Å². The molecule has 0 amide bonds. The molecule has 27 heteroatoms. The van der Waals surface area contributed by atoms with Crippen LogP contribution in [0.4, 0.5) is 5.95 Å². The number of nitrogens with one attached hydrogen (secondary N) is 3. The lowest BCUT2D eigenvalue weighted by atomic mass is 10.1. The number of aromatic amines is 3. The van der Waals surface area contributed by atoms with Crippen LogP contribution in [0.5, 0.6) is 0 Å². The molecule has 408 valence electrons. The first-order chi connectivity index (χ1) is 34.4. The minimum absolute atomic E-state index is 0.161. The molecular weight excluding hydrogens is 1050 g/mol. The molecule has 9 heterocycles. The number of aromatic nitrogens is 11. The third-order valence-corrected chi connectivity index (χ3v) is 18.0. The van der Waals surface area contributed by atoms with Gasteiger partial charge in [0.25, 0.3) is 5.56 Å². The number of fused-ring (bicyclic) bond motifs is 3. The van der Waals surface area contributed by atoms with Gasteiger partial charge in [-0.25, -0.2) is 19.9 Å². The predicted octanol–water partition coefficient (Wildman–Crippen LogP) is 3.54. The summed E-state index contributed by atoms with van der Waals surface area (Å²) in [5.41, 5.74) is 2.03. The fraction of sp³-hybridized carbons (Fsp3) is 0.596. The molecule has 0 bridgehead atoms. The second-order valence-electron chi connectivity index (χ2n) is 21.7. The summed E-state index contributed by atoms with van der Waals surface area (Å²) >= 11 is 10.5. The van der Waals surface area contributed by atoms with E-state index >= 15 is 0 Å². The molecule has 6 aromatic heterocycles. The summed E-state index contributed by atoms with van der Waals surface area (Å²) in [5, 5.41) is 63.3. The van der Waals surface area contributed by atoms with Gasteiger partial charge in [0.05, 0.1) is 36.4 Å². The highest BCUT2D eigenvalue weighted by Gasteiger charge is 2.46. The number of nitrogens with zero attached hydrogens (tertiary/aromatic N) is 9. The highest BCUT2D eigenvalue weighted by atomic mass is 32.1. The van der Waals surface area contributed by atoms with Crippen molar-refractivity contribution in [2.45, 2.75) is 107 Å². The summed E-state index contributed by atoms with van der Waals surface area (Å²) in [7, 11) is 3.52. The highest BCUT2D eigenvalue weighted by molar-refractivity contribution is 7.73. The smallest absolute Gasteiger partial charge is 0.280 e. The Hall–Kier alpha value is -3.70. The molecule has 9 rings (SSSR count). The first-order valence-electron chi connectivity index (χ1n) is 24.1. The predicted molar refractivity (Wildman–Crippen MR) is 303 cm³/mol. The van der Waals surface area contributed by atoms with Gasteiger partial charge in [-0.15, -0.1) is 39.6 Å². The fourth-order valence-corrected chi connectivity index (χ4v) is 12.4. The first kappa shape index (κ1) is 58.0. The molecule has 0 spiro atoms. The van der Waals surface area contributed by atoms with E-state index < -0.39 is 94.3 Å². The molecule has 3 saturated heterocycles. The molecule has 74 heavy (non-hydrogen) atoms. The van der Waals surface area contributed by atoms with Crippen LogP contribution in [-0.2, 0) is 14.2 Å². The molecule has 6 aromatic rings. The van der Waals surface area contributed by atoms with Gasteiger partial charge in [-0.05, 0) is 97.7 Å². The van der Waals surface area contributed by atoms with E-state index in [9.17, 15) is 35.4 Å². The topological polar surface area (TPSA) is 296 Å². The minimum atomic E-state index is -1.26. The maximum atomic E-state index is 12.2. The van der Waals surface area contributed by atoms with Gasteiger partial charge >= 0.3 is 0 Å². The van der Waals surface area contributed by atoms with Crippen LogP contribution in [0.3, 0.4) is 0 Å². The standard InChI is InChI=1S/C16H26N5O4P.C16H24N3O3PS.C15H23N4O3PS/c1-20(2)16-18-13-10(14(24)19-16)17-8-21(13)15-12(23)11(22)9(25-15)6-7-26(3,4)5;1-9-17-14-10(15(24)18-9)5-7-19(14)16-13(21)12(20)11(22-16)6-8-23(2,3)4;1-8-17-13-10(14(24)18-8)16-7-19(13)15-12(21)11(20)9(22-15)5-6-23(2,3)4/h8-9,11-12,15,22-23H,3,6-7H2,1-2,4-5H3,(H,18,19,24);5,7,11-13,16,20-21H,2,6,8H2,1,3-4H3,(H,17,18,24);7,9,11-12,15,20-21H,2,5-6H2,1,3-4H3,(H,17,18,24)/t9-,11-,12-,15?;11-,12-,13-,16?;9-,11-,12-,15?/m111/s1. The first-order valence-corrected chi connectivity index (χ1v) is 34.1. The molecule has 0 aliphatic carbocycles. The van der Waals surface area contributed by atoms with Gasteiger partial charge < -0.3 is 64.3 Å². The van der Waals surface area contributed by atoms with Crippen molar-refractivity contribution in [2.24, 2.45) is 0 Å². The van der Waals surface area contributed by atoms with Crippen LogP contribution in [0, 0.1) is 23.1 Å². The van der Waals surface area contributed by atoms with Gasteiger partial charge in [0.2, 0.25) is 5.95 Å². The molecule has 0 aromatic carbocycles. The monoisotopic (exact) mass is 1120 g/mol. The van der Waals surface area contributed by atoms with Crippen LogP contribution >= 0.6 is 45.1 Å². The van der Waals surface area contributed by atoms with Crippen LogP contribution in [-0.4, -0.2) is 231 Å². The highest BCUT2D eigenvalue weighted by Crippen LogP contribution is 2.43. The van der Waals surface area contributed by atoms with Crippen LogP contribution in [0.1, 0.15) is 49.6 Å². The summed E-state index contributed by atoms with van der Waals surface area (Å²) in [6.07, 6.45) is 12.4. The lowest BCUT2D eigenvalue weighted by Crippen LogP contribution is -2.32. The largest absolute Gasteiger partial charge is 0.388 e. The van der Waals surface area contributed by atoms with Gasteiger partial charge in [0.15, 0.2) is 34.5 Å². The Kier molecular flexibility index (Phi) is 17.8. The second kappa shape index (κ2) is 22.7. The van der Waals surface area contributed by atoms with Crippen molar-refractivity contribution < 1.29 is 44.8 Å². The lowest BCUT2D eigenvalue weighted by molar-refractivity contribution is -0.0353. The summed E-state index contributed by atoms with van der Waals surface area (Å²) in [5.74, 6) is 1.72. The molecule has 3 aliphatic rings. The minimum Gasteiger partial charge on any atom is -0.388 e. The third kappa shape index (κ3) is 13.2. The molecule has 3 unspecified atom stereocenters. The van der Waals surface area contributed by atoms with Gasteiger partial charge in [0, 0.05) is 20.3 Å². The number of aryl methyl sites for hydroxylation is 2. The van der Waals surface area contributed by atoms with E-state index in [0.717, 1.165) is 29.5 Å². The van der Waals surface area contributed by atoms with E-state index in [4.69, 9.17) is 38.6 Å². The molecule has 22 nitrogen and oxygen atoms in total. The maximum Gasteiger partial charge on any atom is 0.280 e. The third-order valence-electron chi connectivity index (χ3n) is 13.0. The van der Waals surface area contributed by atoms with Crippen molar-refractivity contribution in [1.82, 2.24) is 53.6 Å². The van der Waals surface area contributed by atoms with Crippen molar-refractivity contribution in [3.8, 4) is 0 Å². The Morgan fingerprint density at radius 1 is 0.608 bits per heavy atom. The second-order valence-corrected chi connectivity index (χ2v) is 35.4. The number of imidazole rings is 2. The zero-order valence-electron chi connectivity index (χ0n) is 43.6. The maximum absolute atomic E-state index is 12.2. The van der Waals surface area contributed by atoms with Gasteiger partial charge in [-0.2, -0.15) is 4.98 Å². The van der Waals surface area contributed by atoms with E-state index in [1.165, 1.54) is 10.9 Å². The van der Waals surface area contributed by atoms with Gasteiger partial charge in [-0.1, -0.05) is 24.4 Å². The fourth-order valence-electron chi connectivity index (χ4n) is 8.95. The van der Waals surface area contributed by atoms with E-state index in [1.54, 1.807) is 47.6 Å². The zero-order chi connectivity index (χ0) is 54.5. The molecule has 0 saturated carbocycles. The van der Waals surface area contributed by atoms with Crippen molar-refractivity contribution in [3.05, 3.63) is 56.2 Å². The summed E-state index contributed by atoms with van der Waals surface area (Å²) in [4.78, 5) is 44.0. The van der Waals surface area contributed by atoms with E-state index in [0.29, 0.717) is 63.0 Å². The van der Waals surface area contributed by atoms with E-state index in [2.05, 4.69) is 98.8 Å². The molecular formula is C47H73N12O10P3S2. The normalized spacial score (nSPS) is 27.4. The van der Waals surface area contributed by atoms with Crippen LogP contribution in [0.2, 0.25) is 0 Å². The Labute approximate surface area is 440 Å². The SMILES string of the molecule is C=P(C)(C)CC[C@H]1OC(n2ccc3c(=S)nc(C)[nH]c32)[C@H](O)[C@@H]1O.C=P(C)(C)CC[C@H]1OC(n2cnc3c(=O)[nH]c(N(C)C)nc32)[C@H](O)[C@@H]1O.C=P(C)(C)CC[C@H]1OC(n2cnc3c(=S)nc(C)[nH]c32)[C@H](O)[C@@H]1O. The van der Waals surface area contributed by atoms with Crippen molar-refractivity contribution in [2.75, 3.05) is 77.5 Å². The van der Waals surface area contributed by atoms with Crippen molar-refractivity contribution in [3.63, 3.8) is 0 Å². The number of hydrogen-bond donors (Lipinski definition) is 9. The average molecular weight is 1120 g/mol. The van der Waals surface area contributed by atoms with Crippen molar-refractivity contribution in [1.29, 1.82) is 0 Å². The number of rotatable bonds is 13. The summed E-state index contributed by atoms with van der Waals surface area (Å²) < 4.78 is 23.7. The number of aliphatic hydroxyl groups is 6. The molecule has 12 atom stereocenters. The van der Waals surface area contributed by atoms with E-state index in [1.807, 2.05) is 13.0 Å². The molecule has 0 radical (unpaired) electrons. The van der Waals surface area contributed by atoms with Gasteiger partial charge in [0.1, 0.15) is 69.7 Å². The average Bonchev–Trinajstić information content (AvgIpc) is 4.16. The van der Waals surface area contributed by atoms with E-state index in [-0.39, 0.29) is 11.1 Å². The molecule has 3 aliphatic heterocycles. The number of H-pyrrole nitrogens is 3. The number of hydrogen-bond acceptors (Lipinski definition) is 18. The number of anilines is 1. The zero-order valence-corrected chi connectivity index (χ0v) is 47.9.